The van der Waals surface area contributed by atoms with Crippen LogP contribution < -0.4 is 10.2 Å². The smallest absolute Gasteiger partial charge is 0.240 e. The summed E-state index contributed by atoms with van der Waals surface area (Å²) in [4.78, 5) is 34.9. The van der Waals surface area contributed by atoms with Crippen LogP contribution in [0.2, 0.25) is 0 Å². The highest BCUT2D eigenvalue weighted by Gasteiger charge is 2.27. The number of aromatic nitrogens is 1. The van der Waals surface area contributed by atoms with Gasteiger partial charge in [0.2, 0.25) is 11.8 Å². The zero-order valence-electron chi connectivity index (χ0n) is 14.6. The molecule has 2 aliphatic rings. The highest BCUT2D eigenvalue weighted by atomic mass is 32.2. The van der Waals surface area contributed by atoms with Crippen molar-refractivity contribution >= 4 is 29.3 Å². The first-order valence-electron chi connectivity index (χ1n) is 8.69. The molecule has 1 aromatic heterocycles. The number of thioether (sulfide) groups is 1. The Hall–Kier alpha value is -1.64. The molecule has 1 saturated heterocycles. The fraction of sp³-hybridized carbons (Fsp3) is 0.588. The number of pyridine rings is 1. The van der Waals surface area contributed by atoms with Crippen LogP contribution in [0, 0.1) is 0 Å². The van der Waals surface area contributed by atoms with Crippen LogP contribution in [-0.2, 0) is 9.59 Å². The number of amides is 2. The van der Waals surface area contributed by atoms with Crippen LogP contribution in [0.5, 0.6) is 0 Å². The molecule has 25 heavy (non-hydrogen) atoms. The molecular weight excluding hydrogens is 338 g/mol. The Morgan fingerprint density at radius 3 is 2.92 bits per heavy atom. The van der Waals surface area contributed by atoms with Gasteiger partial charge in [-0.05, 0) is 32.1 Å². The van der Waals surface area contributed by atoms with E-state index in [2.05, 4.69) is 27.1 Å². The molecule has 3 rings (SSSR count). The minimum absolute atomic E-state index is 0.0434. The maximum atomic E-state index is 12.2. The molecule has 0 saturated carbocycles. The molecule has 0 unspecified atom stereocenters. The number of anilines is 1. The van der Waals surface area contributed by atoms with Gasteiger partial charge < -0.3 is 15.1 Å². The van der Waals surface area contributed by atoms with E-state index in [1.165, 1.54) is 16.7 Å². The maximum Gasteiger partial charge on any atom is 0.240 e. The van der Waals surface area contributed by atoms with Gasteiger partial charge >= 0.3 is 0 Å². The summed E-state index contributed by atoms with van der Waals surface area (Å²) in [6, 6.07) is 3.63. The molecule has 7 nitrogen and oxygen atoms in total. The Kier molecular flexibility index (Phi) is 6.28. The summed E-state index contributed by atoms with van der Waals surface area (Å²) in [6.07, 6.45) is 2.63. The molecule has 1 N–H and O–H groups in total. The van der Waals surface area contributed by atoms with Gasteiger partial charge in [0.15, 0.2) is 0 Å². The number of hydrogen-bond acceptors (Lipinski definition) is 6. The molecule has 8 heteroatoms. The first-order chi connectivity index (χ1) is 12.1. The van der Waals surface area contributed by atoms with Crippen LogP contribution in [0.25, 0.3) is 0 Å². The van der Waals surface area contributed by atoms with E-state index < -0.39 is 0 Å². The number of likely N-dealkylation sites (N-methyl/N-ethyl adjacent to an activating group) is 1. The van der Waals surface area contributed by atoms with Gasteiger partial charge in [0.05, 0.1) is 11.4 Å². The zero-order chi connectivity index (χ0) is 17.6. The number of carbonyl (C=O) groups is 2. The lowest BCUT2D eigenvalue weighted by atomic mass is 10.3. The van der Waals surface area contributed by atoms with Crippen molar-refractivity contribution in [1.82, 2.24) is 20.1 Å². The number of hydrogen-bond donors (Lipinski definition) is 1. The van der Waals surface area contributed by atoms with Gasteiger partial charge in [-0.1, -0.05) is 11.8 Å². The largest absolute Gasteiger partial charge is 0.355 e. The summed E-state index contributed by atoms with van der Waals surface area (Å²) in [5.41, 5.74) is 0.733. The lowest BCUT2D eigenvalue weighted by molar-refractivity contribution is -0.123. The zero-order valence-corrected chi connectivity index (χ0v) is 15.4. The van der Waals surface area contributed by atoms with Crippen LogP contribution in [0.3, 0.4) is 0 Å². The van der Waals surface area contributed by atoms with Gasteiger partial charge in [0.1, 0.15) is 11.6 Å². The van der Waals surface area contributed by atoms with E-state index in [0.717, 1.165) is 49.9 Å². The van der Waals surface area contributed by atoms with E-state index in [-0.39, 0.29) is 18.4 Å². The monoisotopic (exact) mass is 363 g/mol. The Balaban J connectivity index is 1.41. The summed E-state index contributed by atoms with van der Waals surface area (Å²) >= 11 is 1.42. The lowest BCUT2D eigenvalue weighted by Gasteiger charge is -2.32. The SMILES string of the molecule is CN1CCN(CCCNC(=O)CN2C(=O)CSc3ncccc32)CC1. The van der Waals surface area contributed by atoms with Crippen molar-refractivity contribution in [2.24, 2.45) is 0 Å². The van der Waals surface area contributed by atoms with Crippen LogP contribution in [0.4, 0.5) is 5.69 Å². The lowest BCUT2D eigenvalue weighted by Crippen LogP contribution is -2.46. The molecule has 136 valence electrons. The second-order valence-corrected chi connectivity index (χ2v) is 7.41. The summed E-state index contributed by atoms with van der Waals surface area (Å²) in [7, 11) is 2.14. The molecular formula is C17H25N5O2S. The highest BCUT2D eigenvalue weighted by molar-refractivity contribution is 8.00. The minimum Gasteiger partial charge on any atom is -0.355 e. The quantitative estimate of drug-likeness (QED) is 0.732. The van der Waals surface area contributed by atoms with E-state index in [1.807, 2.05) is 6.07 Å². The molecule has 3 heterocycles. The fourth-order valence-corrected chi connectivity index (χ4v) is 3.89. The van der Waals surface area contributed by atoms with Crippen molar-refractivity contribution in [1.29, 1.82) is 0 Å². The van der Waals surface area contributed by atoms with Crippen molar-refractivity contribution < 1.29 is 9.59 Å². The van der Waals surface area contributed by atoms with Crippen molar-refractivity contribution in [2.45, 2.75) is 11.4 Å². The van der Waals surface area contributed by atoms with E-state index in [9.17, 15) is 9.59 Å². The van der Waals surface area contributed by atoms with Crippen molar-refractivity contribution in [3.63, 3.8) is 0 Å². The Morgan fingerprint density at radius 1 is 1.32 bits per heavy atom. The average Bonchev–Trinajstić information content (AvgIpc) is 2.63. The van der Waals surface area contributed by atoms with Crippen LogP contribution in [-0.4, -0.2) is 85.2 Å². The molecule has 1 fully saturated rings. The molecule has 2 aliphatic heterocycles. The fourth-order valence-electron chi connectivity index (χ4n) is 3.02. The van der Waals surface area contributed by atoms with Crippen LogP contribution in [0.1, 0.15) is 6.42 Å². The van der Waals surface area contributed by atoms with E-state index >= 15 is 0 Å². The maximum absolute atomic E-state index is 12.2. The van der Waals surface area contributed by atoms with Crippen LogP contribution >= 0.6 is 11.8 Å². The van der Waals surface area contributed by atoms with E-state index in [0.29, 0.717) is 12.3 Å². The van der Waals surface area contributed by atoms with Gasteiger partial charge in [-0.15, -0.1) is 0 Å². The summed E-state index contributed by atoms with van der Waals surface area (Å²) < 4.78 is 0. The average molecular weight is 363 g/mol. The highest BCUT2D eigenvalue weighted by Crippen LogP contribution is 2.32. The number of nitrogens with one attached hydrogen (secondary N) is 1. The third-order valence-corrected chi connectivity index (χ3v) is 5.53. The minimum atomic E-state index is -0.117. The van der Waals surface area contributed by atoms with E-state index in [4.69, 9.17) is 0 Å². The molecule has 1 aromatic rings. The van der Waals surface area contributed by atoms with Gasteiger partial charge in [0, 0.05) is 38.9 Å². The number of carbonyl (C=O) groups excluding carboxylic acids is 2. The molecule has 0 spiro atoms. The first-order valence-corrected chi connectivity index (χ1v) is 9.68. The molecule has 0 bridgehead atoms. The molecule has 2 amide bonds. The predicted octanol–water partition coefficient (Wildman–Crippen LogP) is 0.274. The molecule has 0 radical (unpaired) electrons. The van der Waals surface area contributed by atoms with Crippen molar-refractivity contribution in [3.05, 3.63) is 18.3 Å². The standard InChI is InChI=1S/C17H25N5O2S/c1-20-8-10-21(11-9-20)7-3-6-18-15(23)12-22-14-4-2-5-19-17(14)25-13-16(22)24/h2,4-5H,3,6-13H2,1H3,(H,18,23). The Labute approximate surface area is 152 Å². The second kappa shape index (κ2) is 8.64. The number of nitrogens with zero attached hydrogens (tertiary/aromatic N) is 4. The number of rotatable bonds is 6. The Morgan fingerprint density at radius 2 is 2.12 bits per heavy atom. The molecule has 0 atom stereocenters. The number of fused-ring (bicyclic) bond motifs is 1. The summed E-state index contributed by atoms with van der Waals surface area (Å²) in [6.45, 7) is 6.10. The van der Waals surface area contributed by atoms with Gasteiger partial charge in [-0.25, -0.2) is 4.98 Å². The predicted molar refractivity (Wildman–Crippen MR) is 98.9 cm³/mol. The first kappa shape index (κ1) is 18.2. The van der Waals surface area contributed by atoms with Crippen LogP contribution in [0.15, 0.2) is 23.4 Å². The van der Waals surface area contributed by atoms with Gasteiger partial charge in [-0.2, -0.15) is 0 Å². The van der Waals surface area contributed by atoms with Crippen molar-refractivity contribution in [2.75, 3.05) is 63.5 Å². The van der Waals surface area contributed by atoms with Crippen molar-refractivity contribution in [3.8, 4) is 0 Å². The normalized spacial score (nSPS) is 18.9. The third kappa shape index (κ3) is 4.93. The van der Waals surface area contributed by atoms with Gasteiger partial charge in [-0.3, -0.25) is 14.5 Å². The molecule has 0 aromatic carbocycles. The second-order valence-electron chi connectivity index (χ2n) is 6.44. The van der Waals surface area contributed by atoms with Gasteiger partial charge in [0.25, 0.3) is 0 Å². The molecule has 0 aliphatic carbocycles. The number of piperazine rings is 1. The topological polar surface area (TPSA) is 68.8 Å². The third-order valence-electron chi connectivity index (χ3n) is 4.55. The Bertz CT molecular complexity index is 619. The summed E-state index contributed by atoms with van der Waals surface area (Å²) in [5.74, 6) is 0.173. The van der Waals surface area contributed by atoms with E-state index in [1.54, 1.807) is 12.3 Å². The summed E-state index contributed by atoms with van der Waals surface area (Å²) in [5, 5.41) is 3.74.